The van der Waals surface area contributed by atoms with E-state index in [9.17, 15) is 0 Å². The molecule has 16 heavy (non-hydrogen) atoms. The Morgan fingerprint density at radius 1 is 1.31 bits per heavy atom. The average Bonchev–Trinajstić information content (AvgIpc) is 2.83. The topological polar surface area (TPSA) is 46.0 Å². The van der Waals surface area contributed by atoms with Crippen LogP contribution in [-0.4, -0.2) is 19.8 Å². The molecule has 1 aromatic carbocycles. The smallest absolute Gasteiger partial charge is 0.233 e. The monoisotopic (exact) mass is 268 g/mol. The van der Waals surface area contributed by atoms with E-state index in [1.807, 2.05) is 24.3 Å². The van der Waals surface area contributed by atoms with Gasteiger partial charge in [0.2, 0.25) is 9.73 Å². The van der Waals surface area contributed by atoms with Gasteiger partial charge in [0, 0.05) is 10.6 Å². The first-order valence-corrected chi connectivity index (χ1v) is 6.04. The molecule has 0 aliphatic carbocycles. The molecule has 3 aromatic rings. The molecule has 0 spiro atoms. The summed E-state index contributed by atoms with van der Waals surface area (Å²) in [4.78, 5) is 0.759. The van der Waals surface area contributed by atoms with Crippen molar-refractivity contribution in [1.29, 1.82) is 0 Å². The number of rotatable bonds is 1. The number of aromatic nitrogens is 4. The number of nitrogens with one attached hydrogen (secondary N) is 1. The van der Waals surface area contributed by atoms with Gasteiger partial charge in [-0.2, -0.15) is 9.61 Å². The Bertz CT molecular complexity index is 694. The van der Waals surface area contributed by atoms with Crippen LogP contribution in [0.2, 0.25) is 5.02 Å². The molecular weight excluding hydrogens is 264 g/mol. The van der Waals surface area contributed by atoms with E-state index in [1.165, 1.54) is 11.3 Å². The van der Waals surface area contributed by atoms with E-state index in [2.05, 4.69) is 15.3 Å². The number of H-pyrrole nitrogens is 1. The zero-order chi connectivity index (χ0) is 11.1. The second kappa shape index (κ2) is 3.65. The van der Waals surface area contributed by atoms with Gasteiger partial charge in [-0.15, -0.1) is 5.10 Å². The van der Waals surface area contributed by atoms with Crippen LogP contribution in [0.25, 0.3) is 15.5 Å². The molecule has 0 aliphatic heterocycles. The first-order valence-electron chi connectivity index (χ1n) is 4.44. The molecule has 7 heteroatoms. The summed E-state index contributed by atoms with van der Waals surface area (Å²) in [6, 6.07) is 7.52. The molecular formula is C9H5ClN4S2. The van der Waals surface area contributed by atoms with Gasteiger partial charge in [-0.1, -0.05) is 35.1 Å². The molecule has 0 aliphatic rings. The highest BCUT2D eigenvalue weighted by Gasteiger charge is 2.08. The Morgan fingerprint density at radius 2 is 2.06 bits per heavy atom. The SMILES string of the molecule is S=c1[nH]nc2sc(-c3ccc(Cl)cc3)nn12. The third-order valence-corrected chi connectivity index (χ3v) is 3.56. The van der Waals surface area contributed by atoms with Gasteiger partial charge in [-0.25, -0.2) is 5.10 Å². The van der Waals surface area contributed by atoms with Crippen LogP contribution in [0.1, 0.15) is 0 Å². The molecule has 1 N–H and O–H groups in total. The zero-order valence-electron chi connectivity index (χ0n) is 7.85. The summed E-state index contributed by atoms with van der Waals surface area (Å²) >= 11 is 12.3. The third kappa shape index (κ3) is 1.55. The van der Waals surface area contributed by atoms with Crippen molar-refractivity contribution in [3.8, 4) is 10.6 Å². The number of aromatic amines is 1. The fraction of sp³-hybridized carbons (Fsp3) is 0. The van der Waals surface area contributed by atoms with Crippen LogP contribution in [-0.2, 0) is 0 Å². The van der Waals surface area contributed by atoms with Crippen LogP contribution < -0.4 is 0 Å². The van der Waals surface area contributed by atoms with Crippen molar-refractivity contribution in [2.75, 3.05) is 0 Å². The van der Waals surface area contributed by atoms with Crippen LogP contribution >= 0.6 is 35.2 Å². The van der Waals surface area contributed by atoms with E-state index in [-0.39, 0.29) is 0 Å². The molecule has 80 valence electrons. The van der Waals surface area contributed by atoms with Crippen molar-refractivity contribution >= 4 is 40.1 Å². The van der Waals surface area contributed by atoms with Gasteiger partial charge in [0.15, 0.2) is 0 Å². The zero-order valence-corrected chi connectivity index (χ0v) is 10.2. The number of hydrogen-bond donors (Lipinski definition) is 1. The Morgan fingerprint density at radius 3 is 2.75 bits per heavy atom. The van der Waals surface area contributed by atoms with Gasteiger partial charge < -0.3 is 0 Å². The molecule has 0 fully saturated rings. The van der Waals surface area contributed by atoms with Gasteiger partial charge in [0.05, 0.1) is 0 Å². The molecule has 2 aromatic heterocycles. The van der Waals surface area contributed by atoms with Crippen molar-refractivity contribution in [1.82, 2.24) is 19.8 Å². The molecule has 0 atom stereocenters. The number of nitrogens with zero attached hydrogens (tertiary/aromatic N) is 3. The highest BCUT2D eigenvalue weighted by atomic mass is 35.5. The van der Waals surface area contributed by atoms with Gasteiger partial charge in [0.25, 0.3) is 0 Å². The summed E-state index contributed by atoms with van der Waals surface area (Å²) in [7, 11) is 0. The Labute approximate surface area is 105 Å². The predicted molar refractivity (Wildman–Crippen MR) is 66.5 cm³/mol. The lowest BCUT2D eigenvalue weighted by Gasteiger charge is -1.94. The van der Waals surface area contributed by atoms with Crippen molar-refractivity contribution in [2.45, 2.75) is 0 Å². The summed E-state index contributed by atoms with van der Waals surface area (Å²) in [6.45, 7) is 0. The standard InChI is InChI=1S/C9H5ClN4S2/c10-6-3-1-5(2-4-6)7-13-14-8(15)11-12-9(14)16-7/h1-4H,(H,11,15). The fourth-order valence-corrected chi connectivity index (χ4v) is 2.55. The maximum absolute atomic E-state index is 5.83. The second-order valence-corrected chi connectivity index (χ2v) is 4.92. The van der Waals surface area contributed by atoms with Gasteiger partial charge >= 0.3 is 0 Å². The summed E-state index contributed by atoms with van der Waals surface area (Å²) in [5.74, 6) is 0. The lowest BCUT2D eigenvalue weighted by Crippen LogP contribution is -1.84. The number of fused-ring (bicyclic) bond motifs is 1. The lowest BCUT2D eigenvalue weighted by molar-refractivity contribution is 0.940. The van der Waals surface area contributed by atoms with Gasteiger partial charge in [-0.05, 0) is 24.4 Å². The lowest BCUT2D eigenvalue weighted by atomic mass is 10.2. The Hall–Kier alpha value is -1.24. The van der Waals surface area contributed by atoms with Gasteiger partial charge in [0.1, 0.15) is 5.01 Å². The largest absolute Gasteiger partial charge is 0.249 e. The van der Waals surface area contributed by atoms with Crippen LogP contribution in [0.5, 0.6) is 0 Å². The van der Waals surface area contributed by atoms with Crippen molar-refractivity contribution in [3.63, 3.8) is 0 Å². The van der Waals surface area contributed by atoms with Crippen molar-refractivity contribution < 1.29 is 0 Å². The molecule has 0 amide bonds. The maximum atomic E-state index is 5.83. The highest BCUT2D eigenvalue weighted by molar-refractivity contribution is 7.71. The average molecular weight is 269 g/mol. The summed E-state index contributed by atoms with van der Waals surface area (Å²) in [6.07, 6.45) is 0. The van der Waals surface area contributed by atoms with Gasteiger partial charge in [-0.3, -0.25) is 0 Å². The summed E-state index contributed by atoms with van der Waals surface area (Å²) in [5.41, 5.74) is 1.01. The predicted octanol–water partition coefficient (Wildman–Crippen LogP) is 3.17. The number of benzene rings is 1. The van der Waals surface area contributed by atoms with Crippen LogP contribution in [0.3, 0.4) is 0 Å². The molecule has 0 radical (unpaired) electrons. The minimum atomic E-state index is 0.506. The molecule has 0 saturated heterocycles. The van der Waals surface area contributed by atoms with Crippen molar-refractivity contribution in [3.05, 3.63) is 34.1 Å². The number of hydrogen-bond acceptors (Lipinski definition) is 4. The van der Waals surface area contributed by atoms with E-state index in [0.29, 0.717) is 9.79 Å². The minimum absolute atomic E-state index is 0.506. The minimum Gasteiger partial charge on any atom is -0.249 e. The summed E-state index contributed by atoms with van der Waals surface area (Å²) < 4.78 is 2.12. The first-order chi connectivity index (χ1) is 7.74. The van der Waals surface area contributed by atoms with Crippen LogP contribution in [0, 0.1) is 4.77 Å². The molecule has 3 rings (SSSR count). The molecule has 0 saturated carbocycles. The number of halogens is 1. The first kappa shape index (κ1) is 9.95. The van der Waals surface area contributed by atoms with E-state index >= 15 is 0 Å². The third-order valence-electron chi connectivity index (χ3n) is 2.09. The molecule has 2 heterocycles. The normalized spacial score (nSPS) is 11.1. The summed E-state index contributed by atoms with van der Waals surface area (Å²) in [5, 5.41) is 12.7. The Balaban J connectivity index is 2.18. The maximum Gasteiger partial charge on any atom is 0.233 e. The van der Waals surface area contributed by atoms with Crippen molar-refractivity contribution in [2.24, 2.45) is 0 Å². The molecule has 0 bridgehead atoms. The van der Waals surface area contributed by atoms with E-state index in [4.69, 9.17) is 23.8 Å². The Kier molecular flexibility index (Phi) is 2.27. The molecule has 0 unspecified atom stereocenters. The van der Waals surface area contributed by atoms with E-state index in [1.54, 1.807) is 4.52 Å². The van der Waals surface area contributed by atoms with E-state index in [0.717, 1.165) is 15.5 Å². The second-order valence-electron chi connectivity index (χ2n) is 3.14. The fourth-order valence-electron chi connectivity index (χ4n) is 1.34. The van der Waals surface area contributed by atoms with E-state index < -0.39 is 0 Å². The molecule has 4 nitrogen and oxygen atoms in total. The highest BCUT2D eigenvalue weighted by Crippen LogP contribution is 2.25. The quantitative estimate of drug-likeness (QED) is 0.690. The van der Waals surface area contributed by atoms with Crippen LogP contribution in [0.15, 0.2) is 24.3 Å². The van der Waals surface area contributed by atoms with Crippen LogP contribution in [0.4, 0.5) is 0 Å².